The average molecular weight is 348 g/mol. The van der Waals surface area contributed by atoms with Gasteiger partial charge in [0, 0.05) is 27.7 Å². The van der Waals surface area contributed by atoms with Gasteiger partial charge in [-0.05, 0) is 28.4 Å². The number of aliphatic carboxylic acids is 1. The zero-order valence-corrected chi connectivity index (χ0v) is 12.6. The maximum absolute atomic E-state index is 12.0. The van der Waals surface area contributed by atoms with Crippen molar-refractivity contribution in [1.82, 2.24) is 4.90 Å². The predicted molar refractivity (Wildman–Crippen MR) is 74.3 cm³/mol. The number of halogens is 1. The zero-order valence-electron chi connectivity index (χ0n) is 10.2. The third-order valence-corrected chi connectivity index (χ3v) is 4.66. The van der Waals surface area contributed by atoms with Crippen LogP contribution < -0.4 is 0 Å². The number of carboxylic acids is 1. The molecule has 1 atom stereocenters. The molecule has 0 aliphatic carbocycles. The van der Waals surface area contributed by atoms with Crippen molar-refractivity contribution in [3.05, 3.63) is 20.8 Å². The zero-order chi connectivity index (χ0) is 13.8. The second-order valence-electron chi connectivity index (χ2n) is 4.27. The Bertz CT molecular complexity index is 476. The van der Waals surface area contributed by atoms with Crippen LogP contribution in [0.3, 0.4) is 0 Å². The number of aryl methyl sites for hydroxylation is 1. The Hall–Kier alpha value is -0.920. The summed E-state index contributed by atoms with van der Waals surface area (Å²) in [6, 6.07) is 2.00. The van der Waals surface area contributed by atoms with Crippen LogP contribution >= 0.6 is 27.3 Å². The Labute approximate surface area is 123 Å². The number of rotatable bonds is 4. The molecule has 1 N–H and O–H groups in total. The molecule has 0 spiro atoms. The van der Waals surface area contributed by atoms with Gasteiger partial charge in [0.25, 0.3) is 0 Å². The fourth-order valence-electron chi connectivity index (χ4n) is 1.90. The highest BCUT2D eigenvalue weighted by Gasteiger charge is 2.28. The summed E-state index contributed by atoms with van der Waals surface area (Å²) in [6.45, 7) is 0.895. The van der Waals surface area contributed by atoms with E-state index in [4.69, 9.17) is 9.84 Å². The molecule has 1 amide bonds. The number of hydrogen-bond donors (Lipinski definition) is 1. The standard InChI is InChI=1S/C12H14BrNO4S/c13-8-5-9(19-7-8)1-2-11(15)14-3-4-18-10(6-14)12(16)17/h5,7,10H,1-4,6H2,(H,16,17). The van der Waals surface area contributed by atoms with Gasteiger partial charge in [0.1, 0.15) is 0 Å². The van der Waals surface area contributed by atoms with Crippen molar-refractivity contribution in [2.75, 3.05) is 19.7 Å². The molecule has 1 aliphatic heterocycles. The first kappa shape index (κ1) is 14.5. The van der Waals surface area contributed by atoms with Crippen LogP contribution in [-0.4, -0.2) is 47.7 Å². The van der Waals surface area contributed by atoms with Gasteiger partial charge in [0.2, 0.25) is 5.91 Å². The molecule has 0 bridgehead atoms. The largest absolute Gasteiger partial charge is 0.479 e. The molecule has 2 heterocycles. The van der Waals surface area contributed by atoms with E-state index in [-0.39, 0.29) is 19.1 Å². The summed E-state index contributed by atoms with van der Waals surface area (Å²) in [4.78, 5) is 25.6. The number of morpholine rings is 1. The van der Waals surface area contributed by atoms with Crippen LogP contribution in [0, 0.1) is 0 Å². The van der Waals surface area contributed by atoms with Crippen molar-refractivity contribution >= 4 is 39.1 Å². The van der Waals surface area contributed by atoms with E-state index < -0.39 is 12.1 Å². The van der Waals surface area contributed by atoms with Gasteiger partial charge < -0.3 is 14.7 Å². The second-order valence-corrected chi connectivity index (χ2v) is 6.18. The molecule has 0 radical (unpaired) electrons. The molecule has 0 aromatic carbocycles. The lowest BCUT2D eigenvalue weighted by Gasteiger charge is -2.30. The van der Waals surface area contributed by atoms with Gasteiger partial charge in [-0.15, -0.1) is 11.3 Å². The lowest BCUT2D eigenvalue weighted by Crippen LogP contribution is -2.48. The van der Waals surface area contributed by atoms with Crippen LogP contribution in [-0.2, 0) is 20.7 Å². The third-order valence-electron chi connectivity index (χ3n) is 2.90. The summed E-state index contributed by atoms with van der Waals surface area (Å²) in [5, 5.41) is 10.9. The van der Waals surface area contributed by atoms with Gasteiger partial charge in [-0.3, -0.25) is 4.79 Å². The van der Waals surface area contributed by atoms with Crippen molar-refractivity contribution in [2.24, 2.45) is 0 Å². The minimum absolute atomic E-state index is 0.0147. The summed E-state index contributed by atoms with van der Waals surface area (Å²) >= 11 is 4.98. The Morgan fingerprint density at radius 1 is 1.58 bits per heavy atom. The summed E-state index contributed by atoms with van der Waals surface area (Å²) in [5.74, 6) is -1.03. The molecule has 5 nitrogen and oxygen atoms in total. The Morgan fingerprint density at radius 3 is 3.00 bits per heavy atom. The van der Waals surface area contributed by atoms with Crippen molar-refractivity contribution in [3.63, 3.8) is 0 Å². The Kier molecular flexibility index (Phi) is 4.95. The quantitative estimate of drug-likeness (QED) is 0.900. The predicted octanol–water partition coefficient (Wildman–Crippen LogP) is 1.76. The molecule has 1 aliphatic rings. The lowest BCUT2D eigenvalue weighted by molar-refractivity contribution is -0.159. The summed E-state index contributed by atoms with van der Waals surface area (Å²) < 4.78 is 6.11. The summed E-state index contributed by atoms with van der Waals surface area (Å²) in [7, 11) is 0. The SMILES string of the molecule is O=C(O)C1CN(C(=O)CCc2cc(Br)cs2)CCO1. The molecule has 1 saturated heterocycles. The number of hydrogen-bond acceptors (Lipinski definition) is 4. The second kappa shape index (κ2) is 6.49. The highest BCUT2D eigenvalue weighted by molar-refractivity contribution is 9.10. The molecule has 1 aromatic rings. The molecule has 2 rings (SSSR count). The Morgan fingerprint density at radius 2 is 2.37 bits per heavy atom. The first-order chi connectivity index (χ1) is 9.06. The van der Waals surface area contributed by atoms with Crippen molar-refractivity contribution in [2.45, 2.75) is 18.9 Å². The van der Waals surface area contributed by atoms with Crippen LogP contribution in [0.4, 0.5) is 0 Å². The number of thiophene rings is 1. The first-order valence-corrected chi connectivity index (χ1v) is 7.58. The van der Waals surface area contributed by atoms with E-state index in [1.165, 1.54) is 0 Å². The molecule has 1 unspecified atom stereocenters. The molecule has 19 heavy (non-hydrogen) atoms. The maximum atomic E-state index is 12.0. The summed E-state index contributed by atoms with van der Waals surface area (Å²) in [6.07, 6.45) is 0.192. The van der Waals surface area contributed by atoms with Gasteiger partial charge in [-0.25, -0.2) is 4.79 Å². The van der Waals surface area contributed by atoms with E-state index in [2.05, 4.69) is 15.9 Å². The van der Waals surface area contributed by atoms with Crippen LogP contribution in [0.2, 0.25) is 0 Å². The van der Waals surface area contributed by atoms with Gasteiger partial charge in [0.15, 0.2) is 6.10 Å². The smallest absolute Gasteiger partial charge is 0.334 e. The van der Waals surface area contributed by atoms with Gasteiger partial charge in [0.05, 0.1) is 13.2 Å². The van der Waals surface area contributed by atoms with E-state index in [0.29, 0.717) is 19.4 Å². The average Bonchev–Trinajstić information content (AvgIpc) is 2.82. The lowest BCUT2D eigenvalue weighted by atomic mass is 10.2. The Balaban J connectivity index is 1.84. The third kappa shape index (κ3) is 4.02. The number of ether oxygens (including phenoxy) is 1. The molecule has 1 fully saturated rings. The highest BCUT2D eigenvalue weighted by Crippen LogP contribution is 2.21. The van der Waals surface area contributed by atoms with Crippen molar-refractivity contribution < 1.29 is 19.4 Å². The molecule has 7 heteroatoms. The number of carboxylic acid groups (broad SMARTS) is 1. The number of amides is 1. The maximum Gasteiger partial charge on any atom is 0.334 e. The van der Waals surface area contributed by atoms with E-state index in [1.807, 2.05) is 11.4 Å². The first-order valence-electron chi connectivity index (χ1n) is 5.91. The van der Waals surface area contributed by atoms with Gasteiger partial charge in [-0.2, -0.15) is 0 Å². The molecule has 1 aromatic heterocycles. The van der Waals surface area contributed by atoms with Gasteiger partial charge in [-0.1, -0.05) is 0 Å². The van der Waals surface area contributed by atoms with Crippen molar-refractivity contribution in [3.8, 4) is 0 Å². The normalized spacial score (nSPS) is 19.4. The minimum atomic E-state index is -1.01. The minimum Gasteiger partial charge on any atom is -0.479 e. The van der Waals surface area contributed by atoms with E-state index >= 15 is 0 Å². The van der Waals surface area contributed by atoms with E-state index in [1.54, 1.807) is 16.2 Å². The molecule has 104 valence electrons. The van der Waals surface area contributed by atoms with Crippen molar-refractivity contribution in [1.29, 1.82) is 0 Å². The molecule has 0 saturated carbocycles. The molecular weight excluding hydrogens is 334 g/mol. The van der Waals surface area contributed by atoms with E-state index in [9.17, 15) is 9.59 Å². The number of carbonyl (C=O) groups is 2. The summed E-state index contributed by atoms with van der Waals surface area (Å²) in [5.41, 5.74) is 0. The molecular formula is C12H14BrNO4S. The van der Waals surface area contributed by atoms with Gasteiger partial charge >= 0.3 is 5.97 Å². The number of nitrogens with zero attached hydrogens (tertiary/aromatic N) is 1. The number of carbonyl (C=O) groups excluding carboxylic acids is 1. The fraction of sp³-hybridized carbons (Fsp3) is 0.500. The monoisotopic (exact) mass is 347 g/mol. The van der Waals surface area contributed by atoms with E-state index in [0.717, 1.165) is 9.35 Å². The highest BCUT2D eigenvalue weighted by atomic mass is 79.9. The topological polar surface area (TPSA) is 66.8 Å². The van der Waals surface area contributed by atoms with Crippen LogP contribution in [0.1, 0.15) is 11.3 Å². The fourth-order valence-corrected chi connectivity index (χ4v) is 3.35. The van der Waals surface area contributed by atoms with Crippen LogP contribution in [0.25, 0.3) is 0 Å². The van der Waals surface area contributed by atoms with Crippen LogP contribution in [0.5, 0.6) is 0 Å². The van der Waals surface area contributed by atoms with Crippen LogP contribution in [0.15, 0.2) is 15.9 Å².